The standard InChI is InChI=1S/C19H15ClN4O4S/c20-14-6-5-12(24(27)28)8-10(14)7-11(9-21)18(26)23-19-16(17(22)25)13-3-1-2-4-15(13)29-19/h5-8H,1-4H2,(H2,22,25)(H,23,26). The van der Waals surface area contributed by atoms with Gasteiger partial charge in [-0.1, -0.05) is 11.6 Å². The van der Waals surface area contributed by atoms with E-state index >= 15 is 0 Å². The molecule has 0 fully saturated rings. The molecule has 0 atom stereocenters. The average molecular weight is 431 g/mol. The van der Waals surface area contributed by atoms with E-state index in [0.29, 0.717) is 11.4 Å². The van der Waals surface area contributed by atoms with E-state index in [-0.39, 0.29) is 27.4 Å². The van der Waals surface area contributed by atoms with Crippen molar-refractivity contribution < 1.29 is 14.5 Å². The molecule has 0 unspecified atom stereocenters. The second-order valence-corrected chi connectivity index (χ2v) is 7.88. The Bertz CT molecular complexity index is 1100. The summed E-state index contributed by atoms with van der Waals surface area (Å²) in [5.74, 6) is -1.39. The van der Waals surface area contributed by atoms with E-state index in [4.69, 9.17) is 17.3 Å². The summed E-state index contributed by atoms with van der Waals surface area (Å²) < 4.78 is 0. The van der Waals surface area contributed by atoms with Crippen LogP contribution in [0.5, 0.6) is 0 Å². The normalized spacial score (nSPS) is 13.3. The lowest BCUT2D eigenvalue weighted by molar-refractivity contribution is -0.384. The first kappa shape index (κ1) is 20.5. The molecular weight excluding hydrogens is 416 g/mol. The highest BCUT2D eigenvalue weighted by Gasteiger charge is 2.25. The minimum absolute atomic E-state index is 0.153. The van der Waals surface area contributed by atoms with Gasteiger partial charge in [-0.15, -0.1) is 11.3 Å². The third kappa shape index (κ3) is 4.29. The van der Waals surface area contributed by atoms with Crippen LogP contribution >= 0.6 is 22.9 Å². The zero-order chi connectivity index (χ0) is 21.1. The molecule has 148 valence electrons. The number of thiophene rings is 1. The molecule has 0 bridgehead atoms. The van der Waals surface area contributed by atoms with Crippen molar-refractivity contribution in [2.75, 3.05) is 5.32 Å². The smallest absolute Gasteiger partial charge is 0.270 e. The van der Waals surface area contributed by atoms with Gasteiger partial charge in [0.05, 0.1) is 10.5 Å². The number of primary amides is 1. The van der Waals surface area contributed by atoms with Crippen LogP contribution in [0.15, 0.2) is 23.8 Å². The largest absolute Gasteiger partial charge is 0.365 e. The van der Waals surface area contributed by atoms with Gasteiger partial charge in [0, 0.05) is 27.6 Å². The van der Waals surface area contributed by atoms with Crippen LogP contribution in [0, 0.1) is 21.4 Å². The number of rotatable bonds is 5. The molecule has 0 aliphatic heterocycles. The minimum Gasteiger partial charge on any atom is -0.365 e. The molecule has 0 saturated heterocycles. The number of hydrogen-bond donors (Lipinski definition) is 2. The van der Waals surface area contributed by atoms with Crippen molar-refractivity contribution in [3.63, 3.8) is 0 Å². The molecule has 10 heteroatoms. The number of nitro benzene ring substituents is 1. The van der Waals surface area contributed by atoms with E-state index < -0.39 is 16.7 Å². The molecule has 8 nitrogen and oxygen atoms in total. The second-order valence-electron chi connectivity index (χ2n) is 6.37. The monoisotopic (exact) mass is 430 g/mol. The first-order valence-corrected chi connectivity index (χ1v) is 9.82. The van der Waals surface area contributed by atoms with Crippen molar-refractivity contribution in [1.82, 2.24) is 0 Å². The van der Waals surface area contributed by atoms with Crippen LogP contribution in [0.3, 0.4) is 0 Å². The van der Waals surface area contributed by atoms with Gasteiger partial charge in [-0.3, -0.25) is 19.7 Å². The van der Waals surface area contributed by atoms with Crippen LogP contribution in [0.4, 0.5) is 10.7 Å². The highest BCUT2D eigenvalue weighted by Crippen LogP contribution is 2.38. The molecule has 1 aliphatic rings. The van der Waals surface area contributed by atoms with E-state index in [1.165, 1.54) is 35.6 Å². The highest BCUT2D eigenvalue weighted by atomic mass is 35.5. The van der Waals surface area contributed by atoms with Crippen molar-refractivity contribution in [3.8, 4) is 6.07 Å². The summed E-state index contributed by atoms with van der Waals surface area (Å²) in [6, 6.07) is 5.48. The van der Waals surface area contributed by atoms with Crippen molar-refractivity contribution in [1.29, 1.82) is 5.26 Å². The number of non-ortho nitro benzene ring substituents is 1. The molecule has 1 aromatic heterocycles. The molecule has 1 heterocycles. The summed E-state index contributed by atoms with van der Waals surface area (Å²) in [7, 11) is 0. The predicted molar refractivity (Wildman–Crippen MR) is 110 cm³/mol. The maximum Gasteiger partial charge on any atom is 0.270 e. The number of nitrogens with zero attached hydrogens (tertiary/aromatic N) is 2. The van der Waals surface area contributed by atoms with E-state index in [9.17, 15) is 25.0 Å². The van der Waals surface area contributed by atoms with Crippen LogP contribution in [0.25, 0.3) is 6.08 Å². The molecule has 3 rings (SSSR count). The molecule has 29 heavy (non-hydrogen) atoms. The van der Waals surface area contributed by atoms with Crippen molar-refractivity contribution in [2.45, 2.75) is 25.7 Å². The van der Waals surface area contributed by atoms with Crippen molar-refractivity contribution >= 4 is 51.5 Å². The van der Waals surface area contributed by atoms with Crippen LogP contribution in [-0.2, 0) is 17.6 Å². The van der Waals surface area contributed by atoms with Gasteiger partial charge in [0.2, 0.25) is 0 Å². The predicted octanol–water partition coefficient (Wildman–Crippen LogP) is 3.83. The number of nitriles is 1. The first-order chi connectivity index (χ1) is 13.8. The molecule has 0 radical (unpaired) electrons. The number of halogens is 1. The van der Waals surface area contributed by atoms with Gasteiger partial charge in [-0.05, 0) is 43.4 Å². The summed E-state index contributed by atoms with van der Waals surface area (Å²) >= 11 is 7.31. The number of carbonyl (C=O) groups is 2. The Morgan fingerprint density at radius 3 is 2.72 bits per heavy atom. The fourth-order valence-corrected chi connectivity index (χ4v) is 4.61. The topological polar surface area (TPSA) is 139 Å². The van der Waals surface area contributed by atoms with Gasteiger partial charge < -0.3 is 11.1 Å². The highest BCUT2D eigenvalue weighted by molar-refractivity contribution is 7.17. The van der Waals surface area contributed by atoms with Crippen molar-refractivity contribution in [2.24, 2.45) is 5.73 Å². The van der Waals surface area contributed by atoms with E-state index in [0.717, 1.165) is 29.7 Å². The van der Waals surface area contributed by atoms with E-state index in [2.05, 4.69) is 5.32 Å². The fourth-order valence-electron chi connectivity index (χ4n) is 3.14. The van der Waals surface area contributed by atoms with Crippen LogP contribution in [-0.4, -0.2) is 16.7 Å². The summed E-state index contributed by atoms with van der Waals surface area (Å²) in [5.41, 5.74) is 6.27. The van der Waals surface area contributed by atoms with Gasteiger partial charge in [-0.2, -0.15) is 5.26 Å². The number of benzene rings is 1. The van der Waals surface area contributed by atoms with Crippen molar-refractivity contribution in [3.05, 3.63) is 60.5 Å². The lowest BCUT2D eigenvalue weighted by atomic mass is 9.95. The van der Waals surface area contributed by atoms with Gasteiger partial charge in [-0.25, -0.2) is 0 Å². The average Bonchev–Trinajstić information content (AvgIpc) is 3.04. The lowest BCUT2D eigenvalue weighted by Crippen LogP contribution is -2.19. The number of nitrogens with one attached hydrogen (secondary N) is 1. The maximum absolute atomic E-state index is 12.6. The van der Waals surface area contributed by atoms with Gasteiger partial charge in [0.15, 0.2) is 0 Å². The number of anilines is 1. The molecule has 0 saturated carbocycles. The number of hydrogen-bond acceptors (Lipinski definition) is 6. The first-order valence-electron chi connectivity index (χ1n) is 8.63. The molecule has 2 amide bonds. The van der Waals surface area contributed by atoms with Gasteiger partial charge >= 0.3 is 0 Å². The molecule has 3 N–H and O–H groups in total. The van der Waals surface area contributed by atoms with Crippen LogP contribution in [0.1, 0.15) is 39.2 Å². The van der Waals surface area contributed by atoms with E-state index in [1.807, 2.05) is 0 Å². The minimum atomic E-state index is -0.754. The Labute approximate surface area is 174 Å². The number of fused-ring (bicyclic) bond motifs is 1. The van der Waals surface area contributed by atoms with Crippen LogP contribution < -0.4 is 11.1 Å². The number of nitrogens with two attached hydrogens (primary N) is 1. The number of carbonyl (C=O) groups excluding carboxylic acids is 2. The lowest BCUT2D eigenvalue weighted by Gasteiger charge is -2.11. The second kappa shape index (κ2) is 8.43. The number of nitro groups is 1. The number of amides is 2. The molecule has 0 spiro atoms. The Balaban J connectivity index is 1.94. The quantitative estimate of drug-likeness (QED) is 0.321. The summed E-state index contributed by atoms with van der Waals surface area (Å²) in [6.07, 6.45) is 4.62. The molecule has 1 aromatic carbocycles. The summed E-state index contributed by atoms with van der Waals surface area (Å²) in [4.78, 5) is 35.9. The Kier molecular flexibility index (Phi) is 5.96. The fraction of sp³-hybridized carbons (Fsp3) is 0.211. The molecule has 1 aliphatic carbocycles. The van der Waals surface area contributed by atoms with Gasteiger partial charge in [0.1, 0.15) is 16.6 Å². The van der Waals surface area contributed by atoms with E-state index in [1.54, 1.807) is 6.07 Å². The summed E-state index contributed by atoms with van der Waals surface area (Å²) in [6.45, 7) is 0. The molecular formula is C19H15ClN4O4S. The zero-order valence-corrected chi connectivity index (χ0v) is 16.6. The SMILES string of the molecule is N#CC(=Cc1cc([N+](=O)[O-])ccc1Cl)C(=O)Nc1sc2c(c1C(N)=O)CCCC2. The van der Waals surface area contributed by atoms with Crippen LogP contribution in [0.2, 0.25) is 5.02 Å². The molecule has 2 aromatic rings. The Hall–Kier alpha value is -3.22. The third-order valence-electron chi connectivity index (χ3n) is 4.50. The zero-order valence-electron chi connectivity index (χ0n) is 15.0. The van der Waals surface area contributed by atoms with Gasteiger partial charge in [0.25, 0.3) is 17.5 Å². The maximum atomic E-state index is 12.6. The Morgan fingerprint density at radius 2 is 2.07 bits per heavy atom. The Morgan fingerprint density at radius 1 is 1.34 bits per heavy atom. The summed E-state index contributed by atoms with van der Waals surface area (Å²) in [5, 5.41) is 23.4. The number of aryl methyl sites for hydroxylation is 1. The third-order valence-corrected chi connectivity index (χ3v) is 6.05.